The van der Waals surface area contributed by atoms with Crippen LogP contribution in [0.15, 0.2) is 102 Å². The van der Waals surface area contributed by atoms with Crippen molar-refractivity contribution >= 4 is 28.2 Å². The van der Waals surface area contributed by atoms with E-state index in [0.717, 1.165) is 49.5 Å². The van der Waals surface area contributed by atoms with Crippen molar-refractivity contribution in [1.82, 2.24) is 25.1 Å². The number of likely N-dealkylation sites (N-methyl/N-ethyl adjacent to an activating group) is 1. The lowest BCUT2D eigenvalue weighted by molar-refractivity contribution is 0.0940. The van der Waals surface area contributed by atoms with Crippen LogP contribution in [0.5, 0.6) is 5.88 Å². The number of aromatic hydroxyl groups is 1. The van der Waals surface area contributed by atoms with Crippen molar-refractivity contribution in [2.75, 3.05) is 33.2 Å². The third kappa shape index (κ3) is 6.51. The van der Waals surface area contributed by atoms with Gasteiger partial charge in [-0.15, -0.1) is 0 Å². The minimum atomic E-state index is -0.194. The maximum atomic E-state index is 13.3. The summed E-state index contributed by atoms with van der Waals surface area (Å²) in [6, 6.07) is 27.1. The van der Waals surface area contributed by atoms with E-state index in [2.05, 4.69) is 44.3 Å². The highest BCUT2D eigenvalue weighted by atomic mass is 16.3. The molecule has 0 radical (unpaired) electrons. The van der Waals surface area contributed by atoms with Crippen LogP contribution in [0.2, 0.25) is 0 Å². The number of hydrogen-bond acceptors (Lipinski definition) is 6. The van der Waals surface area contributed by atoms with E-state index in [4.69, 9.17) is 4.99 Å². The fraction of sp³-hybridized carbons (Fsp3) is 0.229. The molecule has 0 aliphatic carbocycles. The van der Waals surface area contributed by atoms with Crippen molar-refractivity contribution in [3.63, 3.8) is 0 Å². The zero-order chi connectivity index (χ0) is 29.8. The van der Waals surface area contributed by atoms with Crippen LogP contribution in [-0.2, 0) is 6.54 Å². The Morgan fingerprint density at radius 1 is 0.977 bits per heavy atom. The second-order valence-corrected chi connectivity index (χ2v) is 11.2. The first kappa shape index (κ1) is 28.3. The number of amides is 1. The molecular weight excluding hydrogens is 536 g/mol. The molecule has 2 aromatic heterocycles. The van der Waals surface area contributed by atoms with Crippen LogP contribution < -0.4 is 5.32 Å². The predicted octanol–water partition coefficient (Wildman–Crippen LogP) is 5.68. The molecule has 218 valence electrons. The molecule has 5 aromatic rings. The molecule has 0 unspecified atom stereocenters. The Kier molecular flexibility index (Phi) is 8.31. The minimum Gasteiger partial charge on any atom is -0.494 e. The van der Waals surface area contributed by atoms with E-state index in [9.17, 15) is 9.90 Å². The predicted molar refractivity (Wildman–Crippen MR) is 171 cm³/mol. The Balaban J connectivity index is 1.32. The summed E-state index contributed by atoms with van der Waals surface area (Å²) in [7, 11) is 2.16. The molecular formula is C35H36N6O2. The molecule has 8 nitrogen and oxygen atoms in total. The molecule has 3 aromatic carbocycles. The number of fused-ring (bicyclic) bond motifs is 1. The molecule has 0 saturated carbocycles. The van der Waals surface area contributed by atoms with Crippen molar-refractivity contribution in [1.29, 1.82) is 0 Å². The molecule has 8 heteroatoms. The number of H-pyrrole nitrogens is 1. The number of hydrogen-bond donors (Lipinski definition) is 3. The van der Waals surface area contributed by atoms with E-state index >= 15 is 0 Å². The monoisotopic (exact) mass is 572 g/mol. The fourth-order valence-corrected chi connectivity index (χ4v) is 5.50. The van der Waals surface area contributed by atoms with Gasteiger partial charge < -0.3 is 20.3 Å². The topological polar surface area (TPSA) is 96.8 Å². The maximum Gasteiger partial charge on any atom is 0.251 e. The normalized spacial score (nSPS) is 15.4. The van der Waals surface area contributed by atoms with Gasteiger partial charge in [0, 0.05) is 67.1 Å². The summed E-state index contributed by atoms with van der Waals surface area (Å²) >= 11 is 0. The molecule has 43 heavy (non-hydrogen) atoms. The molecule has 1 fully saturated rings. The number of nitrogens with one attached hydrogen (secondary N) is 2. The number of piperazine rings is 1. The lowest BCUT2D eigenvalue weighted by Crippen LogP contribution is -2.43. The first-order valence-corrected chi connectivity index (χ1v) is 14.6. The third-order valence-corrected chi connectivity index (χ3v) is 8.04. The number of pyridine rings is 1. The van der Waals surface area contributed by atoms with E-state index in [-0.39, 0.29) is 17.8 Å². The minimum absolute atomic E-state index is 0.0144. The van der Waals surface area contributed by atoms with Gasteiger partial charge in [-0.3, -0.25) is 14.7 Å². The van der Waals surface area contributed by atoms with Gasteiger partial charge in [-0.05, 0) is 67.6 Å². The van der Waals surface area contributed by atoms with Crippen molar-refractivity contribution in [3.05, 3.63) is 125 Å². The van der Waals surface area contributed by atoms with E-state index in [0.29, 0.717) is 27.7 Å². The molecule has 1 aliphatic heterocycles. The first-order chi connectivity index (χ1) is 20.9. The summed E-state index contributed by atoms with van der Waals surface area (Å²) in [5.74, 6) is -0.208. The van der Waals surface area contributed by atoms with Crippen LogP contribution in [0.3, 0.4) is 0 Å². The third-order valence-electron chi connectivity index (χ3n) is 8.04. The number of carbonyl (C=O) groups is 1. The summed E-state index contributed by atoms with van der Waals surface area (Å²) in [4.78, 5) is 30.5. The van der Waals surface area contributed by atoms with Crippen LogP contribution in [-0.4, -0.2) is 69.7 Å². The van der Waals surface area contributed by atoms with Crippen LogP contribution in [0, 0.1) is 0 Å². The fourth-order valence-electron chi connectivity index (χ4n) is 5.50. The summed E-state index contributed by atoms with van der Waals surface area (Å²) in [5, 5.41) is 14.9. The molecule has 1 atom stereocenters. The summed E-state index contributed by atoms with van der Waals surface area (Å²) in [6.07, 6.45) is 3.44. The Labute approximate surface area is 251 Å². The molecule has 6 rings (SSSR count). The molecule has 1 aliphatic rings. The van der Waals surface area contributed by atoms with Crippen molar-refractivity contribution < 1.29 is 9.90 Å². The molecule has 3 N–H and O–H groups in total. The highest BCUT2D eigenvalue weighted by molar-refractivity contribution is 6.22. The second kappa shape index (κ2) is 12.6. The highest BCUT2D eigenvalue weighted by Crippen LogP contribution is 2.32. The standard InChI is InChI=1S/C35H36N6O2/c1-24(26-7-4-3-5-8-26)37-34(42)27-12-15-31-30(21-27)32(35(43)39-31)33(28-9-6-16-36-22-28)38-29-13-10-25(11-14-29)23-41-19-17-40(2)18-20-41/h3-16,21-22,24,39,43H,17-20,23H2,1-2H3,(H,37,42)/t24-/m1/s1. The first-order valence-electron chi connectivity index (χ1n) is 14.6. The Bertz CT molecular complexity index is 1720. The average Bonchev–Trinajstić information content (AvgIpc) is 3.37. The number of aromatic nitrogens is 2. The van der Waals surface area contributed by atoms with Crippen LogP contribution in [0.25, 0.3) is 10.9 Å². The number of aromatic amines is 1. The van der Waals surface area contributed by atoms with Gasteiger partial charge in [0.25, 0.3) is 5.91 Å². The van der Waals surface area contributed by atoms with Gasteiger partial charge in [-0.25, -0.2) is 4.99 Å². The summed E-state index contributed by atoms with van der Waals surface area (Å²) in [6.45, 7) is 7.16. The van der Waals surface area contributed by atoms with Gasteiger partial charge in [0.2, 0.25) is 0 Å². The largest absolute Gasteiger partial charge is 0.494 e. The van der Waals surface area contributed by atoms with Crippen molar-refractivity contribution in [2.24, 2.45) is 4.99 Å². The van der Waals surface area contributed by atoms with Gasteiger partial charge in [0.15, 0.2) is 5.88 Å². The quantitative estimate of drug-likeness (QED) is 0.208. The summed E-state index contributed by atoms with van der Waals surface area (Å²) in [5.41, 5.74) is 6.08. The highest BCUT2D eigenvalue weighted by Gasteiger charge is 2.21. The Morgan fingerprint density at radius 2 is 1.74 bits per heavy atom. The Morgan fingerprint density at radius 3 is 2.47 bits per heavy atom. The van der Waals surface area contributed by atoms with Gasteiger partial charge in [-0.1, -0.05) is 42.5 Å². The zero-order valence-electron chi connectivity index (χ0n) is 24.5. The maximum absolute atomic E-state index is 13.3. The number of carbonyl (C=O) groups excluding carboxylic acids is 1. The van der Waals surface area contributed by atoms with Gasteiger partial charge in [-0.2, -0.15) is 0 Å². The van der Waals surface area contributed by atoms with E-state index in [1.807, 2.05) is 67.6 Å². The second-order valence-electron chi connectivity index (χ2n) is 11.2. The van der Waals surface area contributed by atoms with E-state index in [1.54, 1.807) is 24.5 Å². The molecule has 0 bridgehead atoms. The van der Waals surface area contributed by atoms with Crippen molar-refractivity contribution in [2.45, 2.75) is 19.5 Å². The SMILES string of the molecule is C[C@@H](NC(=O)c1ccc2[nH]c(O)c(C(=Nc3ccc(CN4CCN(C)CC4)cc3)c3cccnc3)c2c1)c1ccccc1. The Hall–Kier alpha value is -4.79. The molecule has 1 amide bonds. The average molecular weight is 573 g/mol. The number of rotatable bonds is 8. The molecule has 3 heterocycles. The van der Waals surface area contributed by atoms with Crippen LogP contribution >= 0.6 is 0 Å². The smallest absolute Gasteiger partial charge is 0.251 e. The molecule has 1 saturated heterocycles. The van der Waals surface area contributed by atoms with Crippen LogP contribution in [0.4, 0.5) is 5.69 Å². The number of nitrogens with zero attached hydrogens (tertiary/aromatic N) is 4. The number of benzene rings is 3. The zero-order valence-corrected chi connectivity index (χ0v) is 24.5. The lowest BCUT2D eigenvalue weighted by atomic mass is 10.0. The lowest BCUT2D eigenvalue weighted by Gasteiger charge is -2.32. The summed E-state index contributed by atoms with van der Waals surface area (Å²) < 4.78 is 0. The van der Waals surface area contributed by atoms with Crippen molar-refractivity contribution in [3.8, 4) is 5.88 Å². The number of aliphatic imine (C=N–C) groups is 1. The molecule has 0 spiro atoms. The van der Waals surface area contributed by atoms with Gasteiger partial charge in [0.1, 0.15) is 0 Å². The van der Waals surface area contributed by atoms with E-state index in [1.165, 1.54) is 5.56 Å². The van der Waals surface area contributed by atoms with Gasteiger partial charge in [0.05, 0.1) is 23.0 Å². The van der Waals surface area contributed by atoms with E-state index < -0.39 is 0 Å². The van der Waals surface area contributed by atoms with Gasteiger partial charge >= 0.3 is 0 Å². The van der Waals surface area contributed by atoms with Crippen LogP contribution in [0.1, 0.15) is 45.6 Å².